The van der Waals surface area contributed by atoms with Crippen LogP contribution in [0.4, 0.5) is 0 Å². The van der Waals surface area contributed by atoms with Gasteiger partial charge >= 0.3 is 0 Å². The van der Waals surface area contributed by atoms with E-state index in [1.54, 1.807) is 4.90 Å². The molecule has 1 heterocycles. The summed E-state index contributed by atoms with van der Waals surface area (Å²) in [5.74, 6) is 0. The number of aromatic nitrogens is 1. The Labute approximate surface area is 96.8 Å². The van der Waals surface area contributed by atoms with Crippen LogP contribution in [-0.4, -0.2) is 31.1 Å². The largest absolute Gasteiger partial charge is 0.411 e. The molecule has 0 radical (unpaired) electrons. The number of hydrogen-bond acceptors (Lipinski definition) is 2. The van der Waals surface area contributed by atoms with Crippen LogP contribution in [0.5, 0.6) is 0 Å². The monoisotopic (exact) mass is 223 g/mol. The quantitative estimate of drug-likeness (QED) is 0.296. The zero-order chi connectivity index (χ0) is 11.8. The van der Waals surface area contributed by atoms with E-state index in [4.69, 9.17) is 5.21 Å². The van der Waals surface area contributed by atoms with E-state index in [1.165, 1.54) is 19.3 Å². The molecule has 0 aliphatic rings. The molecule has 0 fully saturated rings. The first-order valence-electron chi connectivity index (χ1n) is 5.80. The molecule has 0 unspecified atom stereocenters. The molecule has 0 aliphatic heterocycles. The normalized spacial score (nSPS) is 11.4. The summed E-state index contributed by atoms with van der Waals surface area (Å²) < 4.78 is 2.15. The first-order valence-corrected chi connectivity index (χ1v) is 5.80. The third kappa shape index (κ3) is 3.98. The maximum absolute atomic E-state index is 8.39. The molecule has 4 heteroatoms. The smallest absolute Gasteiger partial charge is 0.196 e. The number of nitrogens with zero attached hydrogens (tertiary/aromatic N) is 2. The number of quaternary nitrogens is 1. The minimum atomic E-state index is 0.911. The average molecular weight is 223 g/mol. The number of rotatable bonds is 6. The van der Waals surface area contributed by atoms with Gasteiger partial charge in [-0.1, -0.05) is 5.16 Å². The van der Waals surface area contributed by atoms with E-state index in [0.717, 1.165) is 18.7 Å². The van der Waals surface area contributed by atoms with Gasteiger partial charge in [0.25, 0.3) is 0 Å². The van der Waals surface area contributed by atoms with Crippen LogP contribution in [0.25, 0.3) is 0 Å². The van der Waals surface area contributed by atoms with Crippen LogP contribution in [0.2, 0.25) is 0 Å². The third-order valence-electron chi connectivity index (χ3n) is 2.85. The Balaban J connectivity index is 2.48. The third-order valence-corrected chi connectivity index (χ3v) is 2.85. The summed E-state index contributed by atoms with van der Waals surface area (Å²) in [5, 5.41) is 11.4. The molecule has 0 spiro atoms. The first kappa shape index (κ1) is 12.6. The molecule has 1 aromatic rings. The van der Waals surface area contributed by atoms with Gasteiger partial charge in [0.2, 0.25) is 0 Å². The van der Waals surface area contributed by atoms with Gasteiger partial charge in [-0.05, 0) is 13.8 Å². The Bertz CT molecular complexity index is 318. The van der Waals surface area contributed by atoms with Gasteiger partial charge in [-0.2, -0.15) is 4.57 Å². The lowest BCUT2D eigenvalue weighted by molar-refractivity contribution is -0.916. The Morgan fingerprint density at radius 2 is 1.94 bits per heavy atom. The fourth-order valence-corrected chi connectivity index (χ4v) is 1.66. The van der Waals surface area contributed by atoms with Crippen LogP contribution >= 0.6 is 0 Å². The highest BCUT2D eigenvalue weighted by atomic mass is 16.4. The van der Waals surface area contributed by atoms with Crippen molar-refractivity contribution < 1.29 is 14.7 Å². The van der Waals surface area contributed by atoms with Crippen molar-refractivity contribution in [2.24, 2.45) is 5.16 Å². The van der Waals surface area contributed by atoms with Gasteiger partial charge in [-0.25, -0.2) is 0 Å². The van der Waals surface area contributed by atoms with Gasteiger partial charge in [-0.15, -0.1) is 0 Å². The van der Waals surface area contributed by atoms with E-state index in [1.807, 2.05) is 24.5 Å². The Morgan fingerprint density at radius 1 is 1.31 bits per heavy atom. The van der Waals surface area contributed by atoms with E-state index in [9.17, 15) is 0 Å². The summed E-state index contributed by atoms with van der Waals surface area (Å²) >= 11 is 0. The van der Waals surface area contributed by atoms with E-state index < -0.39 is 0 Å². The van der Waals surface area contributed by atoms with Gasteiger partial charge in [0.05, 0.1) is 19.3 Å². The summed E-state index contributed by atoms with van der Waals surface area (Å²) in [5.41, 5.74) is 0.911. The van der Waals surface area contributed by atoms with E-state index in [-0.39, 0.29) is 0 Å². The molecule has 0 aromatic carbocycles. The highest BCUT2D eigenvalue weighted by molar-refractivity contribution is 5.78. The average Bonchev–Trinajstić information content (AvgIpc) is 2.33. The van der Waals surface area contributed by atoms with Crippen molar-refractivity contribution in [2.75, 3.05) is 19.6 Å². The van der Waals surface area contributed by atoms with Crippen LogP contribution in [-0.2, 0) is 6.54 Å². The van der Waals surface area contributed by atoms with Crippen molar-refractivity contribution in [3.8, 4) is 0 Å². The summed E-state index contributed by atoms with van der Waals surface area (Å²) in [6, 6.07) is 3.88. The molecule has 88 valence electrons. The summed E-state index contributed by atoms with van der Waals surface area (Å²) in [6.45, 7) is 8.94. The number of likely N-dealkylation sites (N-methyl/N-ethyl adjacent to an activating group) is 1. The molecule has 0 atom stereocenters. The fraction of sp³-hybridized carbons (Fsp3) is 0.500. The highest BCUT2D eigenvalue weighted by Gasteiger charge is 2.06. The molecule has 0 aliphatic carbocycles. The lowest BCUT2D eigenvalue weighted by Gasteiger charge is -2.12. The van der Waals surface area contributed by atoms with Gasteiger partial charge in [-0.3, -0.25) is 0 Å². The van der Waals surface area contributed by atoms with E-state index >= 15 is 0 Å². The number of nitrogens with one attached hydrogen (secondary N) is 1. The van der Waals surface area contributed by atoms with Crippen LogP contribution in [0.1, 0.15) is 19.4 Å². The molecule has 1 rings (SSSR count). The maximum atomic E-state index is 8.39. The summed E-state index contributed by atoms with van der Waals surface area (Å²) in [6.07, 6.45) is 5.46. The van der Waals surface area contributed by atoms with Gasteiger partial charge in [0.15, 0.2) is 18.9 Å². The molecule has 4 nitrogen and oxygen atoms in total. The topological polar surface area (TPSA) is 40.9 Å². The molecule has 1 aromatic heterocycles. The second-order valence-electron chi connectivity index (χ2n) is 3.82. The van der Waals surface area contributed by atoms with Crippen molar-refractivity contribution in [1.82, 2.24) is 0 Å². The number of oxime groups is 1. The van der Waals surface area contributed by atoms with Crippen molar-refractivity contribution in [2.45, 2.75) is 20.4 Å². The van der Waals surface area contributed by atoms with Crippen molar-refractivity contribution in [3.63, 3.8) is 0 Å². The van der Waals surface area contributed by atoms with Gasteiger partial charge < -0.3 is 10.1 Å². The Morgan fingerprint density at radius 3 is 2.44 bits per heavy atom. The minimum absolute atomic E-state index is 0.911. The Kier molecular flexibility index (Phi) is 5.50. The molecular formula is C12H21N3O+2. The van der Waals surface area contributed by atoms with Crippen LogP contribution < -0.4 is 9.47 Å². The molecule has 0 saturated carbocycles. The Hall–Kier alpha value is -1.42. The zero-order valence-corrected chi connectivity index (χ0v) is 10.1. The highest BCUT2D eigenvalue weighted by Crippen LogP contribution is 1.89. The SMILES string of the molecule is CC[NH+](CC)CC[n+]1ccc(/C=N\O)cc1. The molecule has 0 saturated heterocycles. The van der Waals surface area contributed by atoms with Crippen LogP contribution in [0.3, 0.4) is 0 Å². The standard InChI is InChI=1S/C12H19N3O/c1-3-14(4-2)9-10-15-7-5-12(6-8-15)11-13-16/h5-8,11H,3-4,9-10H2,1-2H3/p+2. The first-order chi connectivity index (χ1) is 7.80. The number of pyridine rings is 1. The minimum Gasteiger partial charge on any atom is -0.411 e. The fourth-order valence-electron chi connectivity index (χ4n) is 1.66. The van der Waals surface area contributed by atoms with Crippen molar-refractivity contribution in [1.29, 1.82) is 0 Å². The lowest BCUT2D eigenvalue weighted by Crippen LogP contribution is -3.12. The van der Waals surface area contributed by atoms with Gasteiger partial charge in [0.1, 0.15) is 6.54 Å². The second-order valence-corrected chi connectivity index (χ2v) is 3.82. The molecule has 16 heavy (non-hydrogen) atoms. The second kappa shape index (κ2) is 6.95. The summed E-state index contributed by atoms with van der Waals surface area (Å²) in [7, 11) is 0. The van der Waals surface area contributed by atoms with Crippen molar-refractivity contribution in [3.05, 3.63) is 30.1 Å². The van der Waals surface area contributed by atoms with Crippen LogP contribution in [0, 0.1) is 0 Å². The molecule has 2 N–H and O–H groups in total. The molecular weight excluding hydrogens is 202 g/mol. The molecule has 0 amide bonds. The number of hydrogen-bond donors (Lipinski definition) is 2. The summed E-state index contributed by atoms with van der Waals surface area (Å²) in [4.78, 5) is 1.61. The predicted molar refractivity (Wildman–Crippen MR) is 62.9 cm³/mol. The maximum Gasteiger partial charge on any atom is 0.196 e. The van der Waals surface area contributed by atoms with E-state index in [2.05, 4.69) is 23.6 Å². The van der Waals surface area contributed by atoms with Crippen LogP contribution in [0.15, 0.2) is 29.7 Å². The van der Waals surface area contributed by atoms with Crippen molar-refractivity contribution >= 4 is 6.21 Å². The predicted octanol–water partition coefficient (Wildman–Crippen LogP) is -0.293. The molecule has 0 bridgehead atoms. The lowest BCUT2D eigenvalue weighted by atomic mass is 10.3. The zero-order valence-electron chi connectivity index (χ0n) is 10.1. The van der Waals surface area contributed by atoms with E-state index in [0.29, 0.717) is 0 Å². The van der Waals surface area contributed by atoms with Gasteiger partial charge in [0, 0.05) is 17.7 Å².